The second-order valence-electron chi connectivity index (χ2n) is 3.98. The number of nitrogens with zero attached hydrogens (tertiary/aromatic N) is 2. The van der Waals surface area contributed by atoms with Crippen LogP contribution in [0, 0.1) is 0 Å². The Hall–Kier alpha value is -0.990. The average molecular weight is 209 g/mol. The van der Waals surface area contributed by atoms with E-state index >= 15 is 0 Å². The van der Waals surface area contributed by atoms with Gasteiger partial charge < -0.3 is 5.32 Å². The lowest BCUT2D eigenvalue weighted by Crippen LogP contribution is -2.17. The summed E-state index contributed by atoms with van der Waals surface area (Å²) in [6, 6.07) is 0.597. The zero-order valence-electron chi connectivity index (χ0n) is 10.2. The number of nitrogens with one attached hydrogen (secondary N) is 1. The van der Waals surface area contributed by atoms with Crippen molar-refractivity contribution in [1.29, 1.82) is 0 Å². The normalized spacial score (nSPS) is 12.7. The summed E-state index contributed by atoms with van der Waals surface area (Å²) in [5, 5.41) is 7.79. The Bertz CT molecular complexity index is 268. The van der Waals surface area contributed by atoms with Crippen LogP contribution in [0.2, 0.25) is 0 Å². The fourth-order valence-electron chi connectivity index (χ4n) is 1.68. The number of aromatic nitrogens is 2. The molecule has 3 heteroatoms. The van der Waals surface area contributed by atoms with E-state index in [1.165, 1.54) is 25.7 Å². The lowest BCUT2D eigenvalue weighted by molar-refractivity contribution is 0.593. The first-order valence-corrected chi connectivity index (χ1v) is 6.09. The molecule has 0 aliphatic heterocycles. The molecular formula is C12H23N3. The minimum absolute atomic E-state index is 0.597. The van der Waals surface area contributed by atoms with Crippen LogP contribution in [-0.2, 0) is 6.54 Å². The van der Waals surface area contributed by atoms with Crippen LogP contribution in [0.5, 0.6) is 0 Å². The summed E-state index contributed by atoms with van der Waals surface area (Å²) in [5.74, 6) is 0. The van der Waals surface area contributed by atoms with Crippen LogP contribution in [0.15, 0.2) is 12.4 Å². The van der Waals surface area contributed by atoms with Gasteiger partial charge in [-0.3, -0.25) is 4.68 Å². The molecule has 0 amide bonds. The van der Waals surface area contributed by atoms with E-state index in [2.05, 4.69) is 37.4 Å². The van der Waals surface area contributed by atoms with Crippen molar-refractivity contribution in [3.63, 3.8) is 0 Å². The summed E-state index contributed by atoms with van der Waals surface area (Å²) in [7, 11) is 0. The van der Waals surface area contributed by atoms with Gasteiger partial charge in [-0.25, -0.2) is 0 Å². The maximum atomic E-state index is 4.26. The standard InChI is InChI=1S/C12H23N3/c1-4-7-8-11(5-2)14-12-9-13-15(6-3)10-12/h9-11,14H,4-8H2,1-3H3. The molecule has 0 bridgehead atoms. The van der Waals surface area contributed by atoms with Crippen molar-refractivity contribution in [2.24, 2.45) is 0 Å². The van der Waals surface area contributed by atoms with Gasteiger partial charge in [0.05, 0.1) is 11.9 Å². The Balaban J connectivity index is 2.43. The molecule has 15 heavy (non-hydrogen) atoms. The second-order valence-corrected chi connectivity index (χ2v) is 3.98. The molecule has 3 nitrogen and oxygen atoms in total. The zero-order valence-corrected chi connectivity index (χ0v) is 10.2. The highest BCUT2D eigenvalue weighted by Gasteiger charge is 2.06. The first-order chi connectivity index (χ1) is 7.30. The lowest BCUT2D eigenvalue weighted by atomic mass is 10.1. The summed E-state index contributed by atoms with van der Waals surface area (Å²) in [6.07, 6.45) is 8.99. The first kappa shape index (κ1) is 12.1. The molecule has 1 atom stereocenters. The molecule has 1 rings (SSSR count). The van der Waals surface area contributed by atoms with Crippen molar-refractivity contribution in [1.82, 2.24) is 9.78 Å². The Morgan fingerprint density at radius 1 is 1.40 bits per heavy atom. The molecule has 0 aliphatic rings. The van der Waals surface area contributed by atoms with E-state index in [1.807, 2.05) is 10.9 Å². The van der Waals surface area contributed by atoms with Crippen LogP contribution in [0.1, 0.15) is 46.5 Å². The third-order valence-corrected chi connectivity index (χ3v) is 2.73. The monoisotopic (exact) mass is 209 g/mol. The molecule has 0 saturated heterocycles. The van der Waals surface area contributed by atoms with Gasteiger partial charge in [0.2, 0.25) is 0 Å². The van der Waals surface area contributed by atoms with Crippen molar-refractivity contribution in [2.45, 2.75) is 59.0 Å². The highest BCUT2D eigenvalue weighted by atomic mass is 15.3. The molecule has 0 fully saturated rings. The summed E-state index contributed by atoms with van der Waals surface area (Å²) in [4.78, 5) is 0. The van der Waals surface area contributed by atoms with E-state index in [-0.39, 0.29) is 0 Å². The van der Waals surface area contributed by atoms with Gasteiger partial charge in [-0.15, -0.1) is 0 Å². The van der Waals surface area contributed by atoms with Gasteiger partial charge in [-0.1, -0.05) is 26.7 Å². The van der Waals surface area contributed by atoms with Gasteiger partial charge >= 0.3 is 0 Å². The Labute approximate surface area is 92.9 Å². The molecule has 0 spiro atoms. The quantitative estimate of drug-likeness (QED) is 0.747. The van der Waals surface area contributed by atoms with E-state index in [0.29, 0.717) is 6.04 Å². The molecule has 0 aromatic carbocycles. The summed E-state index contributed by atoms with van der Waals surface area (Å²) in [5.41, 5.74) is 1.15. The van der Waals surface area contributed by atoms with Crippen LogP contribution >= 0.6 is 0 Å². The SMILES string of the molecule is CCCCC(CC)Nc1cnn(CC)c1. The minimum Gasteiger partial charge on any atom is -0.380 e. The number of hydrogen-bond donors (Lipinski definition) is 1. The predicted octanol–water partition coefficient (Wildman–Crippen LogP) is 3.28. The van der Waals surface area contributed by atoms with Crippen molar-refractivity contribution >= 4 is 5.69 Å². The van der Waals surface area contributed by atoms with Crippen LogP contribution < -0.4 is 5.32 Å². The minimum atomic E-state index is 0.597. The highest BCUT2D eigenvalue weighted by molar-refractivity contribution is 5.39. The first-order valence-electron chi connectivity index (χ1n) is 6.09. The molecular weight excluding hydrogens is 186 g/mol. The number of rotatable bonds is 7. The number of unbranched alkanes of at least 4 members (excludes halogenated alkanes) is 1. The molecule has 1 aromatic rings. The van der Waals surface area contributed by atoms with Crippen molar-refractivity contribution < 1.29 is 0 Å². The third-order valence-electron chi connectivity index (χ3n) is 2.73. The average Bonchev–Trinajstić information content (AvgIpc) is 2.71. The van der Waals surface area contributed by atoms with Gasteiger partial charge in [0.15, 0.2) is 0 Å². The van der Waals surface area contributed by atoms with E-state index in [1.54, 1.807) is 0 Å². The Morgan fingerprint density at radius 3 is 2.73 bits per heavy atom. The molecule has 86 valence electrons. The van der Waals surface area contributed by atoms with Gasteiger partial charge in [0, 0.05) is 18.8 Å². The molecule has 1 aromatic heterocycles. The van der Waals surface area contributed by atoms with Crippen molar-refractivity contribution in [2.75, 3.05) is 5.32 Å². The van der Waals surface area contributed by atoms with E-state index < -0.39 is 0 Å². The predicted molar refractivity (Wildman–Crippen MR) is 65.1 cm³/mol. The summed E-state index contributed by atoms with van der Waals surface area (Å²) < 4.78 is 1.95. The molecule has 0 radical (unpaired) electrons. The number of aryl methyl sites for hydroxylation is 1. The number of hydrogen-bond acceptors (Lipinski definition) is 2. The molecule has 1 heterocycles. The van der Waals surface area contributed by atoms with Gasteiger partial charge in [0.25, 0.3) is 0 Å². The van der Waals surface area contributed by atoms with E-state index in [0.717, 1.165) is 12.2 Å². The van der Waals surface area contributed by atoms with Gasteiger partial charge in [-0.05, 0) is 19.8 Å². The molecule has 1 unspecified atom stereocenters. The van der Waals surface area contributed by atoms with Crippen LogP contribution in [0.25, 0.3) is 0 Å². The second kappa shape index (κ2) is 6.49. The third kappa shape index (κ3) is 3.94. The summed E-state index contributed by atoms with van der Waals surface area (Å²) >= 11 is 0. The van der Waals surface area contributed by atoms with Crippen LogP contribution in [0.4, 0.5) is 5.69 Å². The van der Waals surface area contributed by atoms with E-state index in [4.69, 9.17) is 0 Å². The van der Waals surface area contributed by atoms with Gasteiger partial charge in [-0.2, -0.15) is 5.10 Å². The summed E-state index contributed by atoms with van der Waals surface area (Å²) in [6.45, 7) is 7.51. The highest BCUT2D eigenvalue weighted by Crippen LogP contribution is 2.12. The lowest BCUT2D eigenvalue weighted by Gasteiger charge is -2.16. The topological polar surface area (TPSA) is 29.9 Å². The van der Waals surface area contributed by atoms with Crippen molar-refractivity contribution in [3.8, 4) is 0 Å². The fourth-order valence-corrected chi connectivity index (χ4v) is 1.68. The molecule has 1 N–H and O–H groups in total. The Morgan fingerprint density at radius 2 is 2.20 bits per heavy atom. The van der Waals surface area contributed by atoms with Crippen LogP contribution in [0.3, 0.4) is 0 Å². The maximum absolute atomic E-state index is 4.26. The largest absolute Gasteiger partial charge is 0.380 e. The smallest absolute Gasteiger partial charge is 0.0728 e. The van der Waals surface area contributed by atoms with Crippen molar-refractivity contribution in [3.05, 3.63) is 12.4 Å². The van der Waals surface area contributed by atoms with Crippen LogP contribution in [-0.4, -0.2) is 15.8 Å². The Kier molecular flexibility index (Phi) is 5.22. The van der Waals surface area contributed by atoms with Gasteiger partial charge in [0.1, 0.15) is 0 Å². The molecule has 0 saturated carbocycles. The number of anilines is 1. The zero-order chi connectivity index (χ0) is 11.1. The van der Waals surface area contributed by atoms with E-state index in [9.17, 15) is 0 Å². The fraction of sp³-hybridized carbons (Fsp3) is 0.750. The maximum Gasteiger partial charge on any atom is 0.0728 e. The molecule has 0 aliphatic carbocycles.